The molecule has 168 valence electrons. The first-order valence-corrected chi connectivity index (χ1v) is 11.7. The summed E-state index contributed by atoms with van der Waals surface area (Å²) in [7, 11) is -2.02. The molecule has 1 aromatic heterocycles. The Bertz CT molecular complexity index is 1230. The molecule has 0 fully saturated rings. The number of carbonyl (C=O) groups is 1. The lowest BCUT2D eigenvalue weighted by Crippen LogP contribution is -2.33. The molecule has 0 atom stereocenters. The van der Waals surface area contributed by atoms with Crippen LogP contribution in [0.2, 0.25) is 0 Å². The minimum absolute atomic E-state index is 0.150. The minimum Gasteiger partial charge on any atom is -0.323 e. The molecule has 0 saturated carbocycles. The lowest BCUT2D eigenvalue weighted by Gasteiger charge is -2.21. The van der Waals surface area contributed by atoms with E-state index in [9.17, 15) is 13.2 Å². The van der Waals surface area contributed by atoms with Crippen molar-refractivity contribution in [2.75, 3.05) is 12.4 Å². The van der Waals surface area contributed by atoms with Crippen molar-refractivity contribution in [2.24, 2.45) is 0 Å². The van der Waals surface area contributed by atoms with E-state index in [4.69, 9.17) is 0 Å². The molecular weight excluding hydrogens is 424 g/mol. The highest BCUT2D eigenvalue weighted by Crippen LogP contribution is 2.21. The number of benzene rings is 2. The van der Waals surface area contributed by atoms with E-state index in [1.807, 2.05) is 62.7 Å². The highest BCUT2D eigenvalue weighted by molar-refractivity contribution is 7.89. The van der Waals surface area contributed by atoms with Gasteiger partial charge in [0.1, 0.15) is 0 Å². The van der Waals surface area contributed by atoms with Crippen LogP contribution >= 0.6 is 0 Å². The van der Waals surface area contributed by atoms with Crippen molar-refractivity contribution >= 4 is 27.7 Å². The van der Waals surface area contributed by atoms with Gasteiger partial charge in [-0.2, -0.15) is 9.40 Å². The van der Waals surface area contributed by atoms with Crippen molar-refractivity contribution in [3.8, 4) is 5.69 Å². The molecule has 0 spiro atoms. The molecule has 0 saturated heterocycles. The van der Waals surface area contributed by atoms with E-state index in [0.29, 0.717) is 5.69 Å². The van der Waals surface area contributed by atoms with Crippen molar-refractivity contribution in [1.82, 2.24) is 14.1 Å². The zero-order valence-electron chi connectivity index (χ0n) is 18.9. The first kappa shape index (κ1) is 23.4. The second-order valence-corrected chi connectivity index (χ2v) is 9.79. The summed E-state index contributed by atoms with van der Waals surface area (Å²) in [6.45, 7) is 7.48. The molecule has 1 amide bonds. The third-order valence-electron chi connectivity index (χ3n) is 5.28. The van der Waals surface area contributed by atoms with Crippen LogP contribution < -0.4 is 5.32 Å². The average molecular weight is 453 g/mol. The molecule has 0 aliphatic heterocycles. The summed E-state index contributed by atoms with van der Waals surface area (Å²) >= 11 is 0. The third kappa shape index (κ3) is 4.98. The molecule has 1 N–H and O–H groups in total. The third-order valence-corrected chi connectivity index (χ3v) is 7.32. The summed E-state index contributed by atoms with van der Waals surface area (Å²) in [5.74, 6) is -0.314. The fourth-order valence-electron chi connectivity index (χ4n) is 3.21. The van der Waals surface area contributed by atoms with Gasteiger partial charge in [0.25, 0.3) is 0 Å². The zero-order chi connectivity index (χ0) is 23.5. The highest BCUT2D eigenvalue weighted by atomic mass is 32.2. The average Bonchev–Trinajstić information content (AvgIpc) is 3.06. The minimum atomic E-state index is -3.56. The molecule has 3 rings (SSSR count). The molecule has 7 nitrogen and oxygen atoms in total. The number of sulfonamides is 1. The molecule has 0 bridgehead atoms. The van der Waals surface area contributed by atoms with E-state index in [1.165, 1.54) is 22.5 Å². The first-order chi connectivity index (χ1) is 15.1. The van der Waals surface area contributed by atoms with E-state index in [1.54, 1.807) is 25.3 Å². The lowest BCUT2D eigenvalue weighted by molar-refractivity contribution is -0.111. The van der Waals surface area contributed by atoms with Gasteiger partial charge >= 0.3 is 0 Å². The molecule has 2 aromatic carbocycles. The van der Waals surface area contributed by atoms with Crippen LogP contribution in [0, 0.1) is 13.8 Å². The van der Waals surface area contributed by atoms with E-state index in [2.05, 4.69) is 10.4 Å². The number of aryl methyl sites for hydroxylation is 1. The SMILES string of the molecule is Cc1nn(-c2ccccc2)c(C)c1/C=C/C(=O)Nc1ccc(S(=O)(=O)N(C)C(C)C)cc1. The van der Waals surface area contributed by atoms with Gasteiger partial charge in [0, 0.05) is 36.1 Å². The van der Waals surface area contributed by atoms with Crippen LogP contribution in [0.3, 0.4) is 0 Å². The van der Waals surface area contributed by atoms with Crippen molar-refractivity contribution in [3.05, 3.63) is 77.6 Å². The predicted octanol–water partition coefficient (Wildman–Crippen LogP) is 4.17. The van der Waals surface area contributed by atoms with Gasteiger partial charge in [-0.05, 0) is 70.2 Å². The Morgan fingerprint density at radius 2 is 1.69 bits per heavy atom. The number of amides is 1. The van der Waals surface area contributed by atoms with E-state index >= 15 is 0 Å². The number of carbonyl (C=O) groups excluding carboxylic acids is 1. The van der Waals surface area contributed by atoms with Crippen LogP contribution in [0.1, 0.15) is 30.8 Å². The van der Waals surface area contributed by atoms with Crippen LogP contribution in [-0.2, 0) is 14.8 Å². The summed E-state index contributed by atoms with van der Waals surface area (Å²) in [5, 5.41) is 7.33. The second-order valence-electron chi connectivity index (χ2n) is 7.79. The van der Waals surface area contributed by atoms with Gasteiger partial charge in [0.15, 0.2) is 0 Å². The molecule has 0 unspecified atom stereocenters. The molecule has 1 heterocycles. The van der Waals surface area contributed by atoms with Crippen molar-refractivity contribution in [3.63, 3.8) is 0 Å². The maximum atomic E-state index is 12.6. The number of nitrogens with one attached hydrogen (secondary N) is 1. The van der Waals surface area contributed by atoms with E-state index in [-0.39, 0.29) is 16.8 Å². The maximum absolute atomic E-state index is 12.6. The van der Waals surface area contributed by atoms with Crippen LogP contribution in [0.25, 0.3) is 11.8 Å². The molecule has 0 aliphatic carbocycles. The normalized spacial score (nSPS) is 12.1. The summed E-state index contributed by atoms with van der Waals surface area (Å²) in [5.41, 5.74) is 4.09. The van der Waals surface area contributed by atoms with Gasteiger partial charge in [0.05, 0.1) is 16.3 Å². The van der Waals surface area contributed by atoms with Gasteiger partial charge in [-0.1, -0.05) is 18.2 Å². The Balaban J connectivity index is 1.72. The predicted molar refractivity (Wildman–Crippen MR) is 127 cm³/mol. The van der Waals surface area contributed by atoms with Crippen molar-refractivity contribution in [2.45, 2.75) is 38.6 Å². The Morgan fingerprint density at radius 1 is 1.06 bits per heavy atom. The number of para-hydroxylation sites is 1. The van der Waals surface area contributed by atoms with Crippen molar-refractivity contribution < 1.29 is 13.2 Å². The van der Waals surface area contributed by atoms with Gasteiger partial charge in [-0.3, -0.25) is 4.79 Å². The summed E-state index contributed by atoms with van der Waals surface area (Å²) in [4.78, 5) is 12.6. The van der Waals surface area contributed by atoms with Crippen molar-refractivity contribution in [1.29, 1.82) is 0 Å². The molecule has 0 radical (unpaired) electrons. The van der Waals surface area contributed by atoms with Gasteiger partial charge < -0.3 is 5.32 Å². The standard InChI is InChI=1S/C24H28N4O3S/c1-17(2)27(5)32(30,31)22-13-11-20(12-14-22)25-24(29)16-15-23-18(3)26-28(19(23)4)21-9-7-6-8-10-21/h6-17H,1-5H3,(H,25,29)/b16-15+. The fourth-order valence-corrected chi connectivity index (χ4v) is 4.58. The van der Waals surface area contributed by atoms with Gasteiger partial charge in [-0.15, -0.1) is 0 Å². The fraction of sp³-hybridized carbons (Fsp3) is 0.250. The number of rotatable bonds is 7. The van der Waals surface area contributed by atoms with Crippen LogP contribution in [0.15, 0.2) is 65.6 Å². The smallest absolute Gasteiger partial charge is 0.248 e. The lowest BCUT2D eigenvalue weighted by atomic mass is 10.2. The van der Waals surface area contributed by atoms with E-state index < -0.39 is 10.0 Å². The highest BCUT2D eigenvalue weighted by Gasteiger charge is 2.22. The van der Waals surface area contributed by atoms with E-state index in [0.717, 1.165) is 22.6 Å². The number of anilines is 1. The maximum Gasteiger partial charge on any atom is 0.248 e. The topological polar surface area (TPSA) is 84.3 Å². The largest absolute Gasteiger partial charge is 0.323 e. The first-order valence-electron chi connectivity index (χ1n) is 10.3. The Kier molecular flexibility index (Phi) is 6.96. The Morgan fingerprint density at radius 3 is 2.28 bits per heavy atom. The molecule has 3 aromatic rings. The molecule has 0 aliphatic rings. The van der Waals surface area contributed by atoms with Crippen LogP contribution in [0.5, 0.6) is 0 Å². The molecule has 32 heavy (non-hydrogen) atoms. The zero-order valence-corrected chi connectivity index (χ0v) is 19.7. The van der Waals surface area contributed by atoms with Gasteiger partial charge in [-0.25, -0.2) is 13.1 Å². The van der Waals surface area contributed by atoms with Gasteiger partial charge in [0.2, 0.25) is 15.9 Å². The van der Waals surface area contributed by atoms with Crippen LogP contribution in [-0.4, -0.2) is 41.5 Å². The summed E-state index contributed by atoms with van der Waals surface area (Å²) in [6, 6.07) is 15.8. The molecular formula is C24H28N4O3S. The quantitative estimate of drug-likeness (QED) is 0.545. The monoisotopic (exact) mass is 452 g/mol. The number of hydrogen-bond acceptors (Lipinski definition) is 4. The number of nitrogens with zero attached hydrogens (tertiary/aromatic N) is 3. The Hall–Kier alpha value is -3.23. The molecule has 8 heteroatoms. The Labute approximate surface area is 189 Å². The van der Waals surface area contributed by atoms with Crippen LogP contribution in [0.4, 0.5) is 5.69 Å². The second kappa shape index (κ2) is 9.50. The summed E-state index contributed by atoms with van der Waals surface area (Å²) in [6.07, 6.45) is 3.19. The number of hydrogen-bond donors (Lipinski definition) is 1. The number of aromatic nitrogens is 2. The summed E-state index contributed by atoms with van der Waals surface area (Å²) < 4.78 is 28.3.